The second-order valence-electron chi connectivity index (χ2n) is 12.2. The number of nitrogens with two attached hydrogens (primary N) is 2. The Morgan fingerprint density at radius 1 is 0.977 bits per heavy atom. The highest BCUT2D eigenvalue weighted by Crippen LogP contribution is 2.32. The van der Waals surface area contributed by atoms with Crippen LogP contribution in [-0.2, 0) is 16.0 Å². The van der Waals surface area contributed by atoms with Crippen LogP contribution in [0.3, 0.4) is 0 Å². The number of aromatic nitrogens is 2. The summed E-state index contributed by atoms with van der Waals surface area (Å²) in [6.45, 7) is 3.18. The summed E-state index contributed by atoms with van der Waals surface area (Å²) in [5.74, 6) is 0.0889. The first kappa shape index (κ1) is 31.3. The second kappa shape index (κ2) is 14.6. The van der Waals surface area contributed by atoms with E-state index >= 15 is 0 Å². The Bertz CT molecular complexity index is 1600. The number of benzene rings is 3. The van der Waals surface area contributed by atoms with Crippen molar-refractivity contribution < 1.29 is 14.4 Å². The van der Waals surface area contributed by atoms with Gasteiger partial charge >= 0.3 is 0 Å². The van der Waals surface area contributed by atoms with Crippen molar-refractivity contribution in [2.45, 2.75) is 58.3 Å². The number of nitrogens with one attached hydrogen (secondary N) is 2. The molecule has 6 N–H and O–H groups in total. The van der Waals surface area contributed by atoms with Gasteiger partial charge in [0, 0.05) is 41.3 Å². The number of nitrogens with zero attached hydrogens (tertiary/aromatic N) is 1. The van der Waals surface area contributed by atoms with Crippen LogP contribution in [0.2, 0.25) is 0 Å². The molecule has 8 nitrogen and oxygen atoms in total. The van der Waals surface area contributed by atoms with Gasteiger partial charge < -0.3 is 16.8 Å². The molecule has 3 aromatic carbocycles. The minimum absolute atomic E-state index is 0.00930. The van der Waals surface area contributed by atoms with Crippen molar-refractivity contribution in [1.29, 1.82) is 0 Å². The predicted molar refractivity (Wildman–Crippen MR) is 175 cm³/mol. The molecule has 0 spiro atoms. The van der Waals surface area contributed by atoms with Crippen molar-refractivity contribution in [2.24, 2.45) is 29.2 Å². The van der Waals surface area contributed by atoms with E-state index in [2.05, 4.69) is 15.5 Å². The highest BCUT2D eigenvalue weighted by Gasteiger charge is 2.30. The average molecular weight is 594 g/mol. The first-order chi connectivity index (χ1) is 21.3. The Morgan fingerprint density at radius 2 is 1.75 bits per heavy atom. The number of aromatic amines is 1. The quantitative estimate of drug-likeness (QED) is 0.140. The third kappa shape index (κ3) is 7.68. The zero-order valence-corrected chi connectivity index (χ0v) is 25.5. The fourth-order valence-corrected chi connectivity index (χ4v) is 6.32. The zero-order valence-electron chi connectivity index (χ0n) is 25.5. The molecule has 8 heteroatoms. The van der Waals surface area contributed by atoms with Crippen LogP contribution < -0.4 is 16.8 Å². The molecule has 0 unspecified atom stereocenters. The molecule has 44 heavy (non-hydrogen) atoms. The molecule has 1 fully saturated rings. The standard InChI is InChI=1S/C36H43N5O3/c1-23-17-28(34(42)3-2-16-37)13-15-32(23)26-8-4-24(5-9-26)18-30(19-35(43)27-10-6-25(21-38)7-11-27)36(44)40-31-14-12-29-22-39-41-33(29)20-31/h4-5,8-9,12-15,17,20,22,25,27,30H,2-3,6-7,10-11,16,18-19,21,37-38H2,1H3,(H,39,41)(H,40,44)/t25?,27?,30-/m1/s1. The Balaban J connectivity index is 1.31. The molecule has 1 amide bonds. The van der Waals surface area contributed by atoms with Crippen molar-refractivity contribution in [2.75, 3.05) is 18.4 Å². The molecule has 1 aliphatic carbocycles. The van der Waals surface area contributed by atoms with Crippen molar-refractivity contribution in [3.8, 4) is 11.1 Å². The van der Waals surface area contributed by atoms with E-state index < -0.39 is 5.92 Å². The van der Waals surface area contributed by atoms with Gasteiger partial charge in [0.2, 0.25) is 5.91 Å². The lowest BCUT2D eigenvalue weighted by molar-refractivity contribution is -0.129. The molecule has 1 heterocycles. The van der Waals surface area contributed by atoms with Crippen LogP contribution in [0.15, 0.2) is 66.9 Å². The zero-order chi connectivity index (χ0) is 31.1. The number of carbonyl (C=O) groups excluding carboxylic acids is 3. The van der Waals surface area contributed by atoms with E-state index in [4.69, 9.17) is 11.5 Å². The van der Waals surface area contributed by atoms with Crippen molar-refractivity contribution in [1.82, 2.24) is 10.2 Å². The molecule has 1 saturated carbocycles. The summed E-state index contributed by atoms with van der Waals surface area (Å²) >= 11 is 0. The first-order valence-corrected chi connectivity index (χ1v) is 15.7. The smallest absolute Gasteiger partial charge is 0.228 e. The Morgan fingerprint density at radius 3 is 2.45 bits per heavy atom. The van der Waals surface area contributed by atoms with Crippen LogP contribution in [0.25, 0.3) is 22.0 Å². The molecule has 1 aliphatic rings. The summed E-state index contributed by atoms with van der Waals surface area (Å²) in [7, 11) is 0. The molecule has 0 radical (unpaired) electrons. The van der Waals surface area contributed by atoms with E-state index in [1.54, 1.807) is 6.20 Å². The topological polar surface area (TPSA) is 144 Å². The van der Waals surface area contributed by atoms with E-state index in [1.165, 1.54) is 0 Å². The largest absolute Gasteiger partial charge is 0.330 e. The van der Waals surface area contributed by atoms with E-state index in [1.807, 2.05) is 67.6 Å². The maximum Gasteiger partial charge on any atom is 0.228 e. The maximum atomic E-state index is 13.7. The molecule has 4 aromatic rings. The summed E-state index contributed by atoms with van der Waals surface area (Å²) < 4.78 is 0. The van der Waals surface area contributed by atoms with E-state index in [0.29, 0.717) is 49.5 Å². The monoisotopic (exact) mass is 593 g/mol. The highest BCUT2D eigenvalue weighted by atomic mass is 16.2. The SMILES string of the molecule is Cc1cc(C(=O)CCCN)ccc1-c1ccc(C[C@H](CC(=O)C2CCC(CN)CC2)C(=O)Nc2ccc3cn[nH]c3c2)cc1. The summed E-state index contributed by atoms with van der Waals surface area (Å²) in [4.78, 5) is 39.6. The van der Waals surface area contributed by atoms with Gasteiger partial charge in [-0.2, -0.15) is 5.10 Å². The number of amides is 1. The summed E-state index contributed by atoms with van der Waals surface area (Å²) in [6, 6.07) is 19.6. The summed E-state index contributed by atoms with van der Waals surface area (Å²) in [5, 5.41) is 11.0. The maximum absolute atomic E-state index is 13.7. The number of rotatable bonds is 13. The van der Waals surface area contributed by atoms with Gasteiger partial charge in [-0.15, -0.1) is 0 Å². The number of hydrogen-bond donors (Lipinski definition) is 4. The van der Waals surface area contributed by atoms with Gasteiger partial charge in [-0.1, -0.05) is 36.4 Å². The van der Waals surface area contributed by atoms with Crippen LogP contribution in [0.1, 0.15) is 66.4 Å². The summed E-state index contributed by atoms with van der Waals surface area (Å²) in [5.41, 5.74) is 17.7. The molecule has 0 saturated heterocycles. The second-order valence-corrected chi connectivity index (χ2v) is 12.2. The van der Waals surface area contributed by atoms with E-state index in [9.17, 15) is 14.4 Å². The van der Waals surface area contributed by atoms with Crippen LogP contribution in [0.5, 0.6) is 0 Å². The molecule has 0 bridgehead atoms. The lowest BCUT2D eigenvalue weighted by Crippen LogP contribution is -2.31. The van der Waals surface area contributed by atoms with Gasteiger partial charge in [0.05, 0.1) is 11.7 Å². The third-order valence-corrected chi connectivity index (χ3v) is 9.07. The van der Waals surface area contributed by atoms with Gasteiger partial charge in [0.1, 0.15) is 5.78 Å². The minimum Gasteiger partial charge on any atom is -0.330 e. The van der Waals surface area contributed by atoms with Gasteiger partial charge in [0.15, 0.2) is 5.78 Å². The molecule has 0 aliphatic heterocycles. The highest BCUT2D eigenvalue weighted by molar-refractivity contribution is 5.98. The Labute approximate surface area is 259 Å². The van der Waals surface area contributed by atoms with Gasteiger partial charge in [-0.3, -0.25) is 19.5 Å². The van der Waals surface area contributed by atoms with Gasteiger partial charge in [0.25, 0.3) is 0 Å². The fourth-order valence-electron chi connectivity index (χ4n) is 6.32. The van der Waals surface area contributed by atoms with Crippen LogP contribution in [0, 0.1) is 24.7 Å². The van der Waals surface area contributed by atoms with Crippen LogP contribution in [0.4, 0.5) is 5.69 Å². The predicted octanol–water partition coefficient (Wildman–Crippen LogP) is 5.98. The van der Waals surface area contributed by atoms with Gasteiger partial charge in [-0.25, -0.2) is 0 Å². The number of H-pyrrole nitrogens is 1. The fraction of sp³-hybridized carbons (Fsp3) is 0.389. The lowest BCUT2D eigenvalue weighted by atomic mass is 9.77. The number of aryl methyl sites for hydroxylation is 1. The lowest BCUT2D eigenvalue weighted by Gasteiger charge is -2.27. The number of ketones is 2. The Kier molecular flexibility index (Phi) is 10.4. The van der Waals surface area contributed by atoms with Crippen LogP contribution >= 0.6 is 0 Å². The Hall–Kier alpha value is -4.14. The van der Waals surface area contributed by atoms with Crippen molar-refractivity contribution in [3.05, 3.63) is 83.6 Å². The third-order valence-electron chi connectivity index (χ3n) is 9.07. The summed E-state index contributed by atoms with van der Waals surface area (Å²) in [6.07, 6.45) is 7.16. The number of anilines is 1. The van der Waals surface area contributed by atoms with Crippen LogP contribution in [-0.4, -0.2) is 40.8 Å². The number of carbonyl (C=O) groups is 3. The van der Waals surface area contributed by atoms with E-state index in [0.717, 1.165) is 58.8 Å². The normalized spacial score (nSPS) is 17.3. The van der Waals surface area contributed by atoms with Gasteiger partial charge in [-0.05, 0) is 111 Å². The average Bonchev–Trinajstić information content (AvgIpc) is 3.51. The molecule has 230 valence electrons. The first-order valence-electron chi connectivity index (χ1n) is 15.7. The number of hydrogen-bond acceptors (Lipinski definition) is 6. The van der Waals surface area contributed by atoms with E-state index in [-0.39, 0.29) is 29.8 Å². The molecule has 5 rings (SSSR count). The minimum atomic E-state index is -0.501. The number of fused-ring (bicyclic) bond motifs is 1. The number of Topliss-reactive ketones (excluding diaryl/α,β-unsaturated/α-hetero) is 2. The van der Waals surface area contributed by atoms with Crippen molar-refractivity contribution >= 4 is 34.1 Å². The molecular formula is C36H43N5O3. The molecule has 1 atom stereocenters. The van der Waals surface area contributed by atoms with Crippen molar-refractivity contribution in [3.63, 3.8) is 0 Å². The molecular weight excluding hydrogens is 550 g/mol. The molecule has 1 aromatic heterocycles.